The minimum atomic E-state index is -0.594. The Kier molecular flexibility index (Phi) is 5.26. The Morgan fingerprint density at radius 1 is 1.00 bits per heavy atom. The van der Waals surface area contributed by atoms with Gasteiger partial charge in [0.05, 0.1) is 6.10 Å². The van der Waals surface area contributed by atoms with E-state index in [-0.39, 0.29) is 0 Å². The maximum absolute atomic E-state index is 10.3. The molecule has 0 saturated carbocycles. The number of benzene rings is 2. The van der Waals surface area contributed by atoms with E-state index in [9.17, 15) is 5.11 Å². The summed E-state index contributed by atoms with van der Waals surface area (Å²) in [5, 5.41) is 16.6. The highest BCUT2D eigenvalue weighted by Gasteiger charge is 2.08. The lowest BCUT2D eigenvalue weighted by atomic mass is 10.1. The summed E-state index contributed by atoms with van der Waals surface area (Å²) in [7, 11) is 0. The standard InChI is InChI=1S/C20H22N4O/c1-14-6-8-16(9-7-14)18(25)13-22-19-10-11-21-20(24-19)23-17-5-3-4-15(2)12-17/h3-12,18,25H,13H2,1-2H3,(H2,21,22,23,24). The number of rotatable bonds is 6. The monoisotopic (exact) mass is 334 g/mol. The summed E-state index contributed by atoms with van der Waals surface area (Å²) in [5.74, 6) is 1.18. The predicted molar refractivity (Wildman–Crippen MR) is 101 cm³/mol. The van der Waals surface area contributed by atoms with Gasteiger partial charge in [0, 0.05) is 18.4 Å². The third-order valence-electron chi connectivity index (χ3n) is 3.87. The van der Waals surface area contributed by atoms with E-state index in [1.54, 1.807) is 12.3 Å². The molecule has 3 N–H and O–H groups in total. The first-order chi connectivity index (χ1) is 12.1. The van der Waals surface area contributed by atoms with Crippen molar-refractivity contribution in [3.63, 3.8) is 0 Å². The molecule has 1 atom stereocenters. The molecular formula is C20H22N4O. The van der Waals surface area contributed by atoms with Crippen LogP contribution in [0.3, 0.4) is 0 Å². The quantitative estimate of drug-likeness (QED) is 0.636. The van der Waals surface area contributed by atoms with Crippen molar-refractivity contribution in [2.24, 2.45) is 0 Å². The minimum Gasteiger partial charge on any atom is -0.387 e. The summed E-state index contributed by atoms with van der Waals surface area (Å²) in [4.78, 5) is 8.67. The zero-order valence-corrected chi connectivity index (χ0v) is 14.4. The molecule has 1 aromatic heterocycles. The largest absolute Gasteiger partial charge is 0.387 e. The number of nitrogens with one attached hydrogen (secondary N) is 2. The molecule has 0 spiro atoms. The van der Waals surface area contributed by atoms with E-state index in [1.165, 1.54) is 11.1 Å². The molecule has 0 fully saturated rings. The molecule has 2 aromatic carbocycles. The van der Waals surface area contributed by atoms with Crippen molar-refractivity contribution in [2.45, 2.75) is 20.0 Å². The fourth-order valence-corrected chi connectivity index (χ4v) is 2.48. The van der Waals surface area contributed by atoms with Crippen molar-refractivity contribution in [2.75, 3.05) is 17.2 Å². The van der Waals surface area contributed by atoms with E-state index in [4.69, 9.17) is 0 Å². The fourth-order valence-electron chi connectivity index (χ4n) is 2.48. The second-order valence-corrected chi connectivity index (χ2v) is 6.07. The maximum Gasteiger partial charge on any atom is 0.229 e. The van der Waals surface area contributed by atoms with Gasteiger partial charge in [-0.15, -0.1) is 0 Å². The zero-order chi connectivity index (χ0) is 17.6. The molecule has 0 radical (unpaired) electrons. The zero-order valence-electron chi connectivity index (χ0n) is 14.4. The molecule has 3 rings (SSSR count). The van der Waals surface area contributed by atoms with Crippen LogP contribution in [0.4, 0.5) is 17.5 Å². The van der Waals surface area contributed by atoms with Crippen LogP contribution in [-0.2, 0) is 0 Å². The number of aryl methyl sites for hydroxylation is 2. The highest BCUT2D eigenvalue weighted by Crippen LogP contribution is 2.17. The first-order valence-corrected chi connectivity index (χ1v) is 8.25. The molecule has 0 aliphatic heterocycles. The highest BCUT2D eigenvalue weighted by atomic mass is 16.3. The van der Waals surface area contributed by atoms with Crippen LogP contribution in [-0.4, -0.2) is 21.6 Å². The molecular weight excluding hydrogens is 312 g/mol. The van der Waals surface area contributed by atoms with Crippen LogP contribution in [0, 0.1) is 13.8 Å². The Morgan fingerprint density at radius 3 is 2.56 bits per heavy atom. The summed E-state index contributed by atoms with van der Waals surface area (Å²) in [6, 6.07) is 17.7. The van der Waals surface area contributed by atoms with Gasteiger partial charge in [-0.05, 0) is 43.2 Å². The third kappa shape index (κ3) is 4.78. The van der Waals surface area contributed by atoms with Crippen molar-refractivity contribution in [1.82, 2.24) is 9.97 Å². The molecule has 1 heterocycles. The summed E-state index contributed by atoms with van der Waals surface area (Å²) in [6.45, 7) is 4.44. The van der Waals surface area contributed by atoms with Crippen molar-refractivity contribution in [1.29, 1.82) is 0 Å². The first-order valence-electron chi connectivity index (χ1n) is 8.25. The maximum atomic E-state index is 10.3. The van der Waals surface area contributed by atoms with Crippen LogP contribution in [0.1, 0.15) is 22.8 Å². The number of aliphatic hydroxyl groups excluding tert-OH is 1. The highest BCUT2D eigenvalue weighted by molar-refractivity contribution is 5.55. The lowest BCUT2D eigenvalue weighted by Crippen LogP contribution is -2.13. The molecule has 25 heavy (non-hydrogen) atoms. The Balaban J connectivity index is 1.62. The number of anilines is 3. The number of aliphatic hydroxyl groups is 1. The van der Waals surface area contributed by atoms with Gasteiger partial charge in [0.2, 0.25) is 5.95 Å². The van der Waals surface area contributed by atoms with E-state index in [0.717, 1.165) is 11.3 Å². The Morgan fingerprint density at radius 2 is 1.80 bits per heavy atom. The molecule has 5 heteroatoms. The van der Waals surface area contributed by atoms with Gasteiger partial charge in [-0.3, -0.25) is 0 Å². The van der Waals surface area contributed by atoms with Crippen LogP contribution in [0.15, 0.2) is 60.8 Å². The van der Waals surface area contributed by atoms with Crippen LogP contribution in [0.2, 0.25) is 0 Å². The van der Waals surface area contributed by atoms with Gasteiger partial charge in [0.25, 0.3) is 0 Å². The molecule has 5 nitrogen and oxygen atoms in total. The van der Waals surface area contributed by atoms with Crippen LogP contribution in [0.5, 0.6) is 0 Å². The molecule has 1 unspecified atom stereocenters. The van der Waals surface area contributed by atoms with Gasteiger partial charge in [-0.25, -0.2) is 4.98 Å². The molecule has 0 amide bonds. The second kappa shape index (κ2) is 7.77. The SMILES string of the molecule is Cc1ccc(C(O)CNc2ccnc(Nc3cccc(C)c3)n2)cc1. The van der Waals surface area contributed by atoms with Gasteiger partial charge in [-0.1, -0.05) is 42.0 Å². The van der Waals surface area contributed by atoms with Crippen molar-refractivity contribution in [3.05, 3.63) is 77.5 Å². The number of hydrogen-bond acceptors (Lipinski definition) is 5. The number of nitrogens with zero attached hydrogens (tertiary/aromatic N) is 2. The Labute approximate surface area is 147 Å². The second-order valence-electron chi connectivity index (χ2n) is 6.07. The van der Waals surface area contributed by atoms with Crippen LogP contribution >= 0.6 is 0 Å². The van der Waals surface area contributed by atoms with Crippen molar-refractivity contribution >= 4 is 17.5 Å². The number of aromatic nitrogens is 2. The van der Waals surface area contributed by atoms with Crippen molar-refractivity contribution < 1.29 is 5.11 Å². The van der Waals surface area contributed by atoms with E-state index >= 15 is 0 Å². The van der Waals surface area contributed by atoms with E-state index < -0.39 is 6.10 Å². The topological polar surface area (TPSA) is 70.1 Å². The lowest BCUT2D eigenvalue weighted by Gasteiger charge is -2.13. The summed E-state index contributed by atoms with van der Waals surface area (Å²) >= 11 is 0. The van der Waals surface area contributed by atoms with Crippen LogP contribution in [0.25, 0.3) is 0 Å². The first kappa shape index (κ1) is 16.9. The predicted octanol–water partition coefficient (Wildman–Crippen LogP) is 3.98. The number of hydrogen-bond donors (Lipinski definition) is 3. The molecule has 128 valence electrons. The lowest BCUT2D eigenvalue weighted by molar-refractivity contribution is 0.191. The van der Waals surface area contributed by atoms with Crippen molar-refractivity contribution in [3.8, 4) is 0 Å². The molecule has 0 saturated heterocycles. The Bertz CT molecular complexity index is 833. The van der Waals surface area contributed by atoms with Gasteiger partial charge in [0.15, 0.2) is 0 Å². The van der Waals surface area contributed by atoms with Gasteiger partial charge in [0.1, 0.15) is 5.82 Å². The van der Waals surface area contributed by atoms with Gasteiger partial charge >= 0.3 is 0 Å². The van der Waals surface area contributed by atoms with Crippen LogP contribution < -0.4 is 10.6 Å². The summed E-state index contributed by atoms with van der Waals surface area (Å²) < 4.78 is 0. The minimum absolute atomic E-state index is 0.379. The molecule has 0 aliphatic rings. The molecule has 0 aliphatic carbocycles. The van der Waals surface area contributed by atoms with E-state index in [0.29, 0.717) is 18.3 Å². The smallest absolute Gasteiger partial charge is 0.229 e. The van der Waals surface area contributed by atoms with Gasteiger partial charge in [-0.2, -0.15) is 4.98 Å². The Hall–Kier alpha value is -2.92. The normalized spacial score (nSPS) is 11.8. The molecule has 0 bridgehead atoms. The van der Waals surface area contributed by atoms with Gasteiger partial charge < -0.3 is 15.7 Å². The summed E-state index contributed by atoms with van der Waals surface area (Å²) in [5.41, 5.74) is 4.16. The fraction of sp³-hybridized carbons (Fsp3) is 0.200. The summed E-state index contributed by atoms with van der Waals surface area (Å²) in [6.07, 6.45) is 1.09. The average Bonchev–Trinajstić information content (AvgIpc) is 2.61. The van der Waals surface area contributed by atoms with E-state index in [2.05, 4.69) is 20.6 Å². The van der Waals surface area contributed by atoms with E-state index in [1.807, 2.05) is 62.4 Å². The third-order valence-corrected chi connectivity index (χ3v) is 3.87. The molecule has 3 aromatic rings. The average molecular weight is 334 g/mol.